The predicted molar refractivity (Wildman–Crippen MR) is 74.1 cm³/mol. The summed E-state index contributed by atoms with van der Waals surface area (Å²) in [6, 6.07) is 7.09. The first-order valence-electron chi connectivity index (χ1n) is 6.08. The monoisotopic (exact) mass is 277 g/mol. The molecule has 0 fully saturated rings. The highest BCUT2D eigenvalue weighted by Gasteiger charge is 2.08. The highest BCUT2D eigenvalue weighted by Crippen LogP contribution is 2.15. The Hall–Kier alpha value is -1.88. The molecular weight excluding hydrogens is 262 g/mol. The van der Waals surface area contributed by atoms with Crippen LogP contribution in [-0.4, -0.2) is 22.7 Å². The van der Waals surface area contributed by atoms with Gasteiger partial charge in [0.2, 0.25) is 5.88 Å². The number of pyridine rings is 1. The molecule has 0 spiro atoms. The van der Waals surface area contributed by atoms with Crippen molar-refractivity contribution >= 4 is 17.3 Å². The Bertz CT molecular complexity index is 552. The zero-order chi connectivity index (χ0) is 13.7. The molecule has 0 aliphatic carbocycles. The first kappa shape index (κ1) is 13.5. The molecule has 5 heteroatoms. The highest BCUT2D eigenvalue weighted by atomic mass is 32.1. The van der Waals surface area contributed by atoms with Crippen LogP contribution in [0.2, 0.25) is 0 Å². The quantitative estimate of drug-likeness (QED) is 0.881. The fraction of sp³-hybridized carbons (Fsp3) is 0.286. The van der Waals surface area contributed by atoms with Crippen molar-refractivity contribution in [2.45, 2.75) is 19.8 Å². The maximum absolute atomic E-state index is 11.0. The van der Waals surface area contributed by atoms with Crippen molar-refractivity contribution in [2.75, 3.05) is 6.61 Å². The summed E-state index contributed by atoms with van der Waals surface area (Å²) in [5.41, 5.74) is 0.948. The van der Waals surface area contributed by atoms with E-state index in [-0.39, 0.29) is 5.56 Å². The number of thiophene rings is 1. The van der Waals surface area contributed by atoms with E-state index in [1.807, 2.05) is 24.4 Å². The van der Waals surface area contributed by atoms with E-state index < -0.39 is 5.97 Å². The van der Waals surface area contributed by atoms with Crippen molar-refractivity contribution in [3.8, 4) is 5.88 Å². The lowest BCUT2D eigenvalue weighted by molar-refractivity contribution is 0.0696. The van der Waals surface area contributed by atoms with Gasteiger partial charge in [0, 0.05) is 23.1 Å². The van der Waals surface area contributed by atoms with Crippen LogP contribution in [0.5, 0.6) is 5.88 Å². The second-order valence-corrected chi connectivity index (χ2v) is 5.05. The number of hydrogen-bond acceptors (Lipinski definition) is 4. The molecule has 0 amide bonds. The highest BCUT2D eigenvalue weighted by molar-refractivity contribution is 7.09. The number of ether oxygens (including phenoxy) is 1. The molecule has 0 aliphatic rings. The van der Waals surface area contributed by atoms with E-state index in [9.17, 15) is 4.79 Å². The van der Waals surface area contributed by atoms with Crippen LogP contribution in [0.1, 0.15) is 27.9 Å². The standard InChI is InChI=1S/C14H15NO3S/c1-2-11-8-10(14(16)17)9-13(15-11)18-6-5-12-4-3-7-19-12/h3-4,7-9H,2,5-6H2,1H3,(H,16,17). The number of carbonyl (C=O) groups is 1. The average Bonchev–Trinajstić information content (AvgIpc) is 2.91. The lowest BCUT2D eigenvalue weighted by Crippen LogP contribution is -2.06. The molecule has 2 aromatic heterocycles. The van der Waals surface area contributed by atoms with Crippen molar-refractivity contribution in [1.82, 2.24) is 4.98 Å². The normalized spacial score (nSPS) is 10.4. The van der Waals surface area contributed by atoms with Crippen molar-refractivity contribution in [3.63, 3.8) is 0 Å². The molecule has 0 radical (unpaired) electrons. The zero-order valence-corrected chi connectivity index (χ0v) is 11.4. The molecule has 0 bridgehead atoms. The minimum absolute atomic E-state index is 0.220. The van der Waals surface area contributed by atoms with Crippen molar-refractivity contribution in [3.05, 3.63) is 45.8 Å². The van der Waals surface area contributed by atoms with Crippen LogP contribution in [-0.2, 0) is 12.8 Å². The summed E-state index contributed by atoms with van der Waals surface area (Å²) in [4.78, 5) is 16.5. The van der Waals surface area contributed by atoms with Gasteiger partial charge in [0.1, 0.15) is 0 Å². The van der Waals surface area contributed by atoms with Gasteiger partial charge in [0.05, 0.1) is 12.2 Å². The minimum Gasteiger partial charge on any atom is -0.478 e. The Morgan fingerprint density at radius 3 is 2.95 bits per heavy atom. The Morgan fingerprint density at radius 2 is 2.32 bits per heavy atom. The fourth-order valence-electron chi connectivity index (χ4n) is 1.65. The molecule has 0 saturated heterocycles. The molecule has 0 atom stereocenters. The first-order chi connectivity index (χ1) is 9.19. The van der Waals surface area contributed by atoms with Gasteiger partial charge in [-0.1, -0.05) is 13.0 Å². The number of aromatic nitrogens is 1. The van der Waals surface area contributed by atoms with Crippen molar-refractivity contribution in [2.24, 2.45) is 0 Å². The van der Waals surface area contributed by atoms with Gasteiger partial charge in [-0.3, -0.25) is 0 Å². The van der Waals surface area contributed by atoms with Gasteiger partial charge < -0.3 is 9.84 Å². The molecule has 0 unspecified atom stereocenters. The molecule has 4 nitrogen and oxygen atoms in total. The second kappa shape index (κ2) is 6.33. The summed E-state index contributed by atoms with van der Waals surface area (Å²) in [5, 5.41) is 11.0. The van der Waals surface area contributed by atoms with Crippen molar-refractivity contribution < 1.29 is 14.6 Å². The summed E-state index contributed by atoms with van der Waals surface area (Å²) in [7, 11) is 0. The van der Waals surface area contributed by atoms with Crippen LogP contribution in [0.15, 0.2) is 29.6 Å². The van der Waals surface area contributed by atoms with E-state index >= 15 is 0 Å². The van der Waals surface area contributed by atoms with E-state index in [4.69, 9.17) is 9.84 Å². The Kier molecular flexibility index (Phi) is 4.52. The molecule has 100 valence electrons. The number of rotatable bonds is 6. The van der Waals surface area contributed by atoms with Gasteiger partial charge in [-0.2, -0.15) is 0 Å². The first-order valence-corrected chi connectivity index (χ1v) is 6.96. The third-order valence-corrected chi connectivity index (χ3v) is 3.58. The largest absolute Gasteiger partial charge is 0.478 e. The topological polar surface area (TPSA) is 59.4 Å². The number of nitrogens with zero attached hydrogens (tertiary/aromatic N) is 1. The summed E-state index contributed by atoms with van der Waals surface area (Å²) in [6.07, 6.45) is 1.49. The summed E-state index contributed by atoms with van der Waals surface area (Å²) in [6.45, 7) is 2.43. The SMILES string of the molecule is CCc1cc(C(=O)O)cc(OCCc2cccs2)n1. The summed E-state index contributed by atoms with van der Waals surface area (Å²) in [5.74, 6) is -0.575. The van der Waals surface area contributed by atoms with E-state index in [1.54, 1.807) is 17.4 Å². The third kappa shape index (κ3) is 3.79. The molecule has 2 aromatic rings. The fourth-order valence-corrected chi connectivity index (χ4v) is 2.34. The van der Waals surface area contributed by atoms with Gasteiger partial charge in [0.15, 0.2) is 0 Å². The van der Waals surface area contributed by atoms with Crippen LogP contribution in [0.25, 0.3) is 0 Å². The third-order valence-electron chi connectivity index (χ3n) is 2.64. The Labute approximate surface area is 115 Å². The summed E-state index contributed by atoms with van der Waals surface area (Å²) >= 11 is 1.68. The van der Waals surface area contributed by atoms with E-state index in [0.29, 0.717) is 18.9 Å². The Balaban J connectivity index is 2.02. The van der Waals surface area contributed by atoms with Crippen LogP contribution in [0.3, 0.4) is 0 Å². The number of carboxylic acid groups (broad SMARTS) is 1. The molecule has 0 saturated carbocycles. The van der Waals surface area contributed by atoms with Gasteiger partial charge in [0.25, 0.3) is 0 Å². The maximum atomic E-state index is 11.0. The predicted octanol–water partition coefficient (Wildman–Crippen LogP) is 3.03. The van der Waals surface area contributed by atoms with Crippen LogP contribution in [0, 0.1) is 0 Å². The smallest absolute Gasteiger partial charge is 0.335 e. The Morgan fingerprint density at radius 1 is 1.47 bits per heavy atom. The number of hydrogen-bond donors (Lipinski definition) is 1. The van der Waals surface area contributed by atoms with Crippen LogP contribution >= 0.6 is 11.3 Å². The van der Waals surface area contributed by atoms with Crippen LogP contribution in [0.4, 0.5) is 0 Å². The lowest BCUT2D eigenvalue weighted by atomic mass is 10.2. The average molecular weight is 277 g/mol. The molecule has 1 N–H and O–H groups in total. The summed E-state index contributed by atoms with van der Waals surface area (Å²) < 4.78 is 5.54. The van der Waals surface area contributed by atoms with Gasteiger partial charge >= 0.3 is 5.97 Å². The number of aromatic carboxylic acids is 1. The lowest BCUT2D eigenvalue weighted by Gasteiger charge is -2.07. The van der Waals surface area contributed by atoms with Gasteiger partial charge in [-0.25, -0.2) is 9.78 Å². The van der Waals surface area contributed by atoms with E-state index in [0.717, 1.165) is 12.1 Å². The molecule has 19 heavy (non-hydrogen) atoms. The number of aryl methyl sites for hydroxylation is 1. The second-order valence-electron chi connectivity index (χ2n) is 4.02. The van der Waals surface area contributed by atoms with E-state index in [2.05, 4.69) is 4.98 Å². The van der Waals surface area contributed by atoms with Crippen LogP contribution < -0.4 is 4.74 Å². The number of carboxylic acids is 1. The van der Waals surface area contributed by atoms with Gasteiger partial charge in [-0.05, 0) is 23.9 Å². The maximum Gasteiger partial charge on any atom is 0.335 e. The molecule has 0 aromatic carbocycles. The van der Waals surface area contributed by atoms with Crippen molar-refractivity contribution in [1.29, 1.82) is 0 Å². The zero-order valence-electron chi connectivity index (χ0n) is 10.6. The molecule has 2 heterocycles. The molecule has 2 rings (SSSR count). The van der Waals surface area contributed by atoms with E-state index in [1.165, 1.54) is 10.9 Å². The molecule has 0 aliphatic heterocycles. The molecular formula is C14H15NO3S. The van der Waals surface area contributed by atoms with Gasteiger partial charge in [-0.15, -0.1) is 11.3 Å². The minimum atomic E-state index is -0.958.